The summed E-state index contributed by atoms with van der Waals surface area (Å²) >= 11 is 1.21. The number of thioether (sulfide) groups is 1. The molecular formula is C13H12N4O2S. The SMILES string of the molecule is O=C(CSc1cnccn1)NC(=O)Nc1ccccc1. The lowest BCUT2D eigenvalue weighted by Crippen LogP contribution is -2.35. The number of nitrogens with one attached hydrogen (secondary N) is 2. The minimum absolute atomic E-state index is 0.0981. The van der Waals surface area contributed by atoms with Gasteiger partial charge in [0.05, 0.1) is 11.9 Å². The minimum atomic E-state index is -0.555. The number of carbonyl (C=O) groups excluding carboxylic acids is 2. The first kappa shape index (κ1) is 14.0. The summed E-state index contributed by atoms with van der Waals surface area (Å²) in [5.74, 6) is -0.296. The lowest BCUT2D eigenvalue weighted by molar-refractivity contribution is -0.117. The molecule has 3 amide bonds. The molecule has 1 heterocycles. The molecule has 0 aliphatic heterocycles. The van der Waals surface area contributed by atoms with E-state index >= 15 is 0 Å². The number of rotatable bonds is 4. The number of benzene rings is 1. The molecule has 0 atom stereocenters. The predicted octanol–water partition coefficient (Wildman–Crippen LogP) is 1.92. The Morgan fingerprint density at radius 2 is 1.95 bits per heavy atom. The molecule has 1 aromatic carbocycles. The molecule has 0 fully saturated rings. The van der Waals surface area contributed by atoms with Crippen LogP contribution in [0.5, 0.6) is 0 Å². The molecule has 2 rings (SSSR count). The highest BCUT2D eigenvalue weighted by molar-refractivity contribution is 7.99. The zero-order chi connectivity index (χ0) is 14.2. The normalized spacial score (nSPS) is 9.80. The number of amides is 3. The van der Waals surface area contributed by atoms with Crippen LogP contribution >= 0.6 is 11.8 Å². The minimum Gasteiger partial charge on any atom is -0.308 e. The summed E-state index contributed by atoms with van der Waals surface area (Å²) in [6.45, 7) is 0. The summed E-state index contributed by atoms with van der Waals surface area (Å²) in [6, 6.07) is 8.34. The van der Waals surface area contributed by atoms with Crippen molar-refractivity contribution >= 4 is 29.4 Å². The van der Waals surface area contributed by atoms with Gasteiger partial charge in [0.2, 0.25) is 5.91 Å². The third-order valence-electron chi connectivity index (χ3n) is 2.18. The number of carbonyl (C=O) groups is 2. The maximum atomic E-state index is 11.6. The van der Waals surface area contributed by atoms with E-state index in [4.69, 9.17) is 0 Å². The van der Waals surface area contributed by atoms with Crippen LogP contribution in [0.15, 0.2) is 53.9 Å². The second kappa shape index (κ2) is 7.25. The molecule has 0 saturated heterocycles. The largest absolute Gasteiger partial charge is 0.325 e. The van der Waals surface area contributed by atoms with Crippen molar-refractivity contribution in [1.29, 1.82) is 0 Å². The van der Waals surface area contributed by atoms with Gasteiger partial charge >= 0.3 is 6.03 Å². The van der Waals surface area contributed by atoms with Crippen molar-refractivity contribution < 1.29 is 9.59 Å². The van der Waals surface area contributed by atoms with Gasteiger partial charge in [-0.05, 0) is 12.1 Å². The van der Waals surface area contributed by atoms with Crippen molar-refractivity contribution in [3.8, 4) is 0 Å². The molecule has 2 aromatic rings. The van der Waals surface area contributed by atoms with Crippen LogP contribution in [0.3, 0.4) is 0 Å². The Bertz CT molecular complexity index is 577. The van der Waals surface area contributed by atoms with Gasteiger partial charge < -0.3 is 5.32 Å². The molecule has 0 aliphatic rings. The average molecular weight is 288 g/mol. The number of hydrogen-bond donors (Lipinski definition) is 2. The van der Waals surface area contributed by atoms with Crippen LogP contribution in [-0.4, -0.2) is 27.7 Å². The molecule has 20 heavy (non-hydrogen) atoms. The number of imide groups is 1. The number of aromatic nitrogens is 2. The van der Waals surface area contributed by atoms with Crippen LogP contribution < -0.4 is 10.6 Å². The van der Waals surface area contributed by atoms with Gasteiger partial charge in [0.25, 0.3) is 0 Å². The predicted molar refractivity (Wildman–Crippen MR) is 76.4 cm³/mol. The molecule has 0 unspecified atom stereocenters. The molecule has 0 radical (unpaired) electrons. The summed E-state index contributed by atoms with van der Waals surface area (Å²) in [5.41, 5.74) is 0.624. The van der Waals surface area contributed by atoms with Gasteiger partial charge in [0.1, 0.15) is 5.03 Å². The van der Waals surface area contributed by atoms with Crippen LogP contribution in [-0.2, 0) is 4.79 Å². The van der Waals surface area contributed by atoms with E-state index in [2.05, 4.69) is 20.6 Å². The van der Waals surface area contributed by atoms with E-state index < -0.39 is 11.9 Å². The topological polar surface area (TPSA) is 84.0 Å². The Kier molecular flexibility index (Phi) is 5.08. The number of anilines is 1. The molecular weight excluding hydrogens is 276 g/mol. The third-order valence-corrected chi connectivity index (χ3v) is 3.09. The molecule has 0 aliphatic carbocycles. The standard InChI is InChI=1S/C13H12N4O2S/c18-11(9-20-12-8-14-6-7-15-12)17-13(19)16-10-4-2-1-3-5-10/h1-8H,9H2,(H2,16,17,18,19). The van der Waals surface area contributed by atoms with E-state index in [-0.39, 0.29) is 5.75 Å². The molecule has 0 saturated carbocycles. The molecule has 0 spiro atoms. The van der Waals surface area contributed by atoms with Gasteiger partial charge in [-0.15, -0.1) is 0 Å². The maximum Gasteiger partial charge on any atom is 0.325 e. The number of hydrogen-bond acceptors (Lipinski definition) is 5. The summed E-state index contributed by atoms with van der Waals surface area (Å²) in [4.78, 5) is 31.0. The van der Waals surface area contributed by atoms with E-state index in [1.54, 1.807) is 42.9 Å². The van der Waals surface area contributed by atoms with Crippen molar-refractivity contribution in [2.75, 3.05) is 11.1 Å². The Balaban J connectivity index is 1.75. The van der Waals surface area contributed by atoms with Crippen LogP contribution in [0.2, 0.25) is 0 Å². The summed E-state index contributed by atoms with van der Waals surface area (Å²) < 4.78 is 0. The highest BCUT2D eigenvalue weighted by atomic mass is 32.2. The molecule has 1 aromatic heterocycles. The zero-order valence-electron chi connectivity index (χ0n) is 10.4. The molecule has 0 bridgehead atoms. The molecule has 2 N–H and O–H groups in total. The van der Waals surface area contributed by atoms with Gasteiger partial charge in [0.15, 0.2) is 0 Å². The summed E-state index contributed by atoms with van der Waals surface area (Å²) in [5, 5.41) is 5.43. The van der Waals surface area contributed by atoms with E-state index in [9.17, 15) is 9.59 Å². The van der Waals surface area contributed by atoms with Crippen LogP contribution in [0.1, 0.15) is 0 Å². The van der Waals surface area contributed by atoms with Crippen LogP contribution in [0, 0.1) is 0 Å². The van der Waals surface area contributed by atoms with Gasteiger partial charge in [-0.2, -0.15) is 0 Å². The van der Waals surface area contributed by atoms with Gasteiger partial charge in [-0.3, -0.25) is 15.1 Å². The Morgan fingerprint density at radius 1 is 1.15 bits per heavy atom. The average Bonchev–Trinajstić information content (AvgIpc) is 2.47. The first-order valence-corrected chi connectivity index (χ1v) is 6.77. The zero-order valence-corrected chi connectivity index (χ0v) is 11.3. The van der Waals surface area contributed by atoms with Gasteiger partial charge in [0, 0.05) is 18.1 Å². The highest BCUT2D eigenvalue weighted by Gasteiger charge is 2.08. The molecule has 7 heteroatoms. The Morgan fingerprint density at radius 3 is 2.65 bits per heavy atom. The van der Waals surface area contributed by atoms with Gasteiger partial charge in [-0.1, -0.05) is 30.0 Å². The second-order valence-electron chi connectivity index (χ2n) is 3.70. The van der Waals surface area contributed by atoms with Crippen molar-refractivity contribution in [3.63, 3.8) is 0 Å². The number of nitrogens with zero attached hydrogens (tertiary/aromatic N) is 2. The third kappa shape index (κ3) is 4.69. The fourth-order valence-electron chi connectivity index (χ4n) is 1.35. The first-order valence-electron chi connectivity index (χ1n) is 5.79. The first-order chi connectivity index (χ1) is 9.74. The lowest BCUT2D eigenvalue weighted by Gasteiger charge is -2.06. The van der Waals surface area contributed by atoms with E-state index in [1.807, 2.05) is 6.07 Å². The fraction of sp³-hybridized carbons (Fsp3) is 0.0769. The van der Waals surface area contributed by atoms with Gasteiger partial charge in [-0.25, -0.2) is 9.78 Å². The Hall–Kier alpha value is -2.41. The molecule has 6 nitrogen and oxygen atoms in total. The van der Waals surface area contributed by atoms with Crippen molar-refractivity contribution in [3.05, 3.63) is 48.9 Å². The van der Waals surface area contributed by atoms with Crippen LogP contribution in [0.4, 0.5) is 10.5 Å². The van der Waals surface area contributed by atoms with Crippen molar-refractivity contribution in [1.82, 2.24) is 15.3 Å². The number of urea groups is 1. The second-order valence-corrected chi connectivity index (χ2v) is 4.70. The van der Waals surface area contributed by atoms with E-state index in [0.717, 1.165) is 0 Å². The Labute approximate surface area is 120 Å². The lowest BCUT2D eigenvalue weighted by atomic mass is 10.3. The smallest absolute Gasteiger partial charge is 0.308 e. The summed E-state index contributed by atoms with van der Waals surface area (Å²) in [6.07, 6.45) is 4.65. The van der Waals surface area contributed by atoms with Crippen molar-refractivity contribution in [2.24, 2.45) is 0 Å². The maximum absolute atomic E-state index is 11.6. The summed E-state index contributed by atoms with van der Waals surface area (Å²) in [7, 11) is 0. The van der Waals surface area contributed by atoms with E-state index in [0.29, 0.717) is 10.7 Å². The highest BCUT2D eigenvalue weighted by Crippen LogP contribution is 2.12. The van der Waals surface area contributed by atoms with Crippen molar-refractivity contribution in [2.45, 2.75) is 5.03 Å². The van der Waals surface area contributed by atoms with E-state index in [1.165, 1.54) is 11.8 Å². The number of para-hydroxylation sites is 1. The molecule has 102 valence electrons. The fourth-order valence-corrected chi connectivity index (χ4v) is 1.97. The van der Waals surface area contributed by atoms with Crippen LogP contribution in [0.25, 0.3) is 0 Å². The quantitative estimate of drug-likeness (QED) is 0.840. The monoisotopic (exact) mass is 288 g/mol.